The Balaban J connectivity index is 2.19. The molecule has 3 atom stereocenters. The van der Waals surface area contributed by atoms with E-state index < -0.39 is 26.7 Å². The Morgan fingerprint density at radius 2 is 1.93 bits per heavy atom. The van der Waals surface area contributed by atoms with Gasteiger partial charge in [0, 0.05) is 11.6 Å². The highest BCUT2D eigenvalue weighted by molar-refractivity contribution is 7.91. The van der Waals surface area contributed by atoms with E-state index in [9.17, 15) is 12.6 Å². The third-order valence-corrected chi connectivity index (χ3v) is 7.83. The van der Waals surface area contributed by atoms with Crippen LogP contribution in [0.25, 0.3) is 0 Å². The first-order valence-corrected chi connectivity index (χ1v) is 12.5. The summed E-state index contributed by atoms with van der Waals surface area (Å²) in [4.78, 5) is 0.147. The van der Waals surface area contributed by atoms with Crippen LogP contribution in [0.3, 0.4) is 0 Å². The zero-order chi connectivity index (χ0) is 21.1. The Hall–Kier alpha value is -1.74. The van der Waals surface area contributed by atoms with Crippen LogP contribution in [0, 0.1) is 0 Å². The summed E-state index contributed by atoms with van der Waals surface area (Å²) in [5.41, 5.74) is 1.04. The van der Waals surface area contributed by atoms with Crippen LogP contribution in [0.5, 0.6) is 5.75 Å². The number of hydrogen-bond donors (Lipinski definition) is 2. The average Bonchev–Trinajstić information content (AvgIpc) is 2.79. The average molecular weight is 438 g/mol. The van der Waals surface area contributed by atoms with Crippen LogP contribution >= 0.6 is 0 Å². The topological polar surface area (TPSA) is 92.7 Å². The number of rotatable bonds is 7. The molecule has 6 nitrogen and oxygen atoms in total. The third-order valence-electron chi connectivity index (χ3n) is 5.53. The molecule has 8 heteroatoms. The maximum atomic E-state index is 13.4. The predicted octanol–water partition coefficient (Wildman–Crippen LogP) is 4.01. The lowest BCUT2D eigenvalue weighted by Gasteiger charge is -2.35. The lowest BCUT2D eigenvalue weighted by molar-refractivity contribution is 0.295. The number of sulfone groups is 1. The fourth-order valence-electron chi connectivity index (χ4n) is 3.97. The molecule has 0 spiro atoms. The molecule has 3 rings (SSSR count). The van der Waals surface area contributed by atoms with Gasteiger partial charge in [-0.1, -0.05) is 63.1 Å². The first-order chi connectivity index (χ1) is 13.8. The molecule has 1 heterocycles. The van der Waals surface area contributed by atoms with Crippen molar-refractivity contribution in [1.82, 2.24) is 5.32 Å². The van der Waals surface area contributed by atoms with Crippen LogP contribution < -0.4 is 9.50 Å². The van der Waals surface area contributed by atoms with E-state index in [4.69, 9.17) is 8.74 Å². The van der Waals surface area contributed by atoms with Crippen LogP contribution in [-0.4, -0.2) is 28.5 Å². The van der Waals surface area contributed by atoms with Crippen molar-refractivity contribution in [2.24, 2.45) is 0 Å². The van der Waals surface area contributed by atoms with Gasteiger partial charge >= 0.3 is 11.4 Å². The molecule has 2 aromatic rings. The normalized spacial score (nSPS) is 24.3. The summed E-state index contributed by atoms with van der Waals surface area (Å²) < 4.78 is 51.7. The van der Waals surface area contributed by atoms with Gasteiger partial charge in [-0.15, -0.1) is 0 Å². The lowest BCUT2D eigenvalue weighted by atomic mass is 9.88. The summed E-state index contributed by atoms with van der Waals surface area (Å²) in [7, 11) is -3.65. The highest BCUT2D eigenvalue weighted by Crippen LogP contribution is 2.39. The fraction of sp³-hybridized carbons (Fsp3) is 0.429. The molecule has 0 radical (unpaired) electrons. The van der Waals surface area contributed by atoms with Crippen molar-refractivity contribution in [2.75, 3.05) is 5.75 Å². The predicted molar refractivity (Wildman–Crippen MR) is 114 cm³/mol. The summed E-state index contributed by atoms with van der Waals surface area (Å²) in [5, 5.41) is 3.67. The van der Waals surface area contributed by atoms with E-state index >= 15 is 0 Å². The van der Waals surface area contributed by atoms with Gasteiger partial charge in [0.25, 0.3) is 0 Å². The van der Waals surface area contributed by atoms with Crippen molar-refractivity contribution in [3.8, 4) is 5.75 Å². The molecule has 2 N–H and O–H groups in total. The van der Waals surface area contributed by atoms with Gasteiger partial charge in [-0.25, -0.2) is 8.42 Å². The molecule has 29 heavy (non-hydrogen) atoms. The SMILES string of the molecule is CCCCC1(CC)CS(=O)(=O)c2cc(OS(=O)O)ccc2C(c2ccccc2)N1. The van der Waals surface area contributed by atoms with Gasteiger partial charge in [0.2, 0.25) is 0 Å². The first kappa shape index (κ1) is 22.0. The molecular weight excluding hydrogens is 410 g/mol. The molecule has 3 unspecified atom stereocenters. The van der Waals surface area contributed by atoms with Crippen molar-refractivity contribution in [3.63, 3.8) is 0 Å². The van der Waals surface area contributed by atoms with Crippen LogP contribution in [0.2, 0.25) is 0 Å². The van der Waals surface area contributed by atoms with Gasteiger partial charge < -0.3 is 4.18 Å². The summed E-state index contributed by atoms with van der Waals surface area (Å²) in [6, 6.07) is 14.0. The molecule has 1 aliphatic rings. The Kier molecular flexibility index (Phi) is 6.78. The van der Waals surface area contributed by atoms with E-state index in [2.05, 4.69) is 12.2 Å². The van der Waals surface area contributed by atoms with Crippen molar-refractivity contribution >= 4 is 21.2 Å². The molecule has 0 saturated heterocycles. The molecule has 0 aliphatic carbocycles. The van der Waals surface area contributed by atoms with Gasteiger partial charge in [0.1, 0.15) is 5.75 Å². The number of benzene rings is 2. The van der Waals surface area contributed by atoms with E-state index in [-0.39, 0.29) is 22.4 Å². The lowest BCUT2D eigenvalue weighted by Crippen LogP contribution is -2.50. The minimum Gasteiger partial charge on any atom is -0.380 e. The zero-order valence-electron chi connectivity index (χ0n) is 16.6. The zero-order valence-corrected chi connectivity index (χ0v) is 18.3. The molecule has 2 aromatic carbocycles. The molecule has 0 aromatic heterocycles. The van der Waals surface area contributed by atoms with Crippen molar-refractivity contribution in [3.05, 3.63) is 59.7 Å². The summed E-state index contributed by atoms with van der Waals surface area (Å²) >= 11 is -2.52. The molecular formula is C21H27NO5S2. The van der Waals surface area contributed by atoms with E-state index in [1.165, 1.54) is 12.1 Å². The Morgan fingerprint density at radius 1 is 1.21 bits per heavy atom. The number of nitrogens with one attached hydrogen (secondary N) is 1. The Labute approximate surface area is 175 Å². The van der Waals surface area contributed by atoms with Crippen molar-refractivity contribution < 1.29 is 21.4 Å². The van der Waals surface area contributed by atoms with Gasteiger partial charge in [-0.2, -0.15) is 4.21 Å². The van der Waals surface area contributed by atoms with Gasteiger partial charge in [0.05, 0.1) is 16.7 Å². The van der Waals surface area contributed by atoms with Crippen molar-refractivity contribution in [2.45, 2.75) is 56.0 Å². The van der Waals surface area contributed by atoms with E-state index in [1.807, 2.05) is 37.3 Å². The molecule has 0 saturated carbocycles. The second kappa shape index (κ2) is 8.95. The maximum absolute atomic E-state index is 13.4. The molecule has 0 fully saturated rings. The smallest absolute Gasteiger partial charge is 0.357 e. The van der Waals surface area contributed by atoms with E-state index in [0.29, 0.717) is 12.0 Å². The number of unbranched alkanes of at least 4 members (excludes halogenated alkanes) is 1. The van der Waals surface area contributed by atoms with Gasteiger partial charge in [-0.05, 0) is 30.0 Å². The summed E-state index contributed by atoms with van der Waals surface area (Å²) in [6.45, 7) is 4.11. The monoisotopic (exact) mass is 437 g/mol. The third kappa shape index (κ3) is 4.88. The highest BCUT2D eigenvalue weighted by atomic mass is 32.2. The minimum atomic E-state index is -3.65. The highest BCUT2D eigenvalue weighted by Gasteiger charge is 2.41. The second-order valence-electron chi connectivity index (χ2n) is 7.48. The second-order valence-corrected chi connectivity index (χ2v) is 10.0. The van der Waals surface area contributed by atoms with Crippen LogP contribution in [0.15, 0.2) is 53.4 Å². The largest absolute Gasteiger partial charge is 0.380 e. The summed E-state index contributed by atoms with van der Waals surface area (Å²) in [6.07, 6.45) is 3.33. The molecule has 0 bridgehead atoms. The van der Waals surface area contributed by atoms with Crippen LogP contribution in [0.4, 0.5) is 0 Å². The Bertz CT molecular complexity index is 978. The van der Waals surface area contributed by atoms with Crippen LogP contribution in [0.1, 0.15) is 56.7 Å². The quantitative estimate of drug-likeness (QED) is 0.636. The molecule has 0 amide bonds. The first-order valence-electron chi connectivity index (χ1n) is 9.79. The van der Waals surface area contributed by atoms with E-state index in [0.717, 1.165) is 24.8 Å². The molecule has 1 aliphatic heterocycles. The minimum absolute atomic E-state index is 0.0293. The number of fused-ring (bicyclic) bond motifs is 1. The van der Waals surface area contributed by atoms with Crippen molar-refractivity contribution in [1.29, 1.82) is 0 Å². The Morgan fingerprint density at radius 3 is 2.55 bits per heavy atom. The van der Waals surface area contributed by atoms with Gasteiger partial charge in [-0.3, -0.25) is 9.87 Å². The summed E-state index contributed by atoms with van der Waals surface area (Å²) in [5.74, 6) is 0.0240. The molecule has 158 valence electrons. The van der Waals surface area contributed by atoms with Gasteiger partial charge in [0.15, 0.2) is 9.84 Å². The number of hydrogen-bond acceptors (Lipinski definition) is 5. The fourth-order valence-corrected chi connectivity index (χ4v) is 6.40. The van der Waals surface area contributed by atoms with Crippen LogP contribution in [-0.2, 0) is 21.2 Å². The standard InChI is InChI=1S/C21H27NO5S2/c1-3-5-13-21(4-2)15-29(25,26)19-14-17(27-28(23)24)11-12-18(19)20(22-21)16-9-7-6-8-10-16/h6-12,14,20,22H,3-5,13,15H2,1-2H3,(H,23,24). The maximum Gasteiger partial charge on any atom is 0.357 e. The van der Waals surface area contributed by atoms with E-state index in [1.54, 1.807) is 6.07 Å².